The Morgan fingerprint density at radius 3 is 2.52 bits per heavy atom. The van der Waals surface area contributed by atoms with Crippen molar-refractivity contribution in [2.75, 3.05) is 30.0 Å². The van der Waals surface area contributed by atoms with Crippen molar-refractivity contribution in [1.29, 1.82) is 0 Å². The Morgan fingerprint density at radius 2 is 1.81 bits per heavy atom. The van der Waals surface area contributed by atoms with Gasteiger partial charge in [-0.15, -0.1) is 0 Å². The minimum absolute atomic E-state index is 0.0353. The third kappa shape index (κ3) is 5.47. The SMILES string of the molecule is CCc1c(-c2cc(Nc3ccc(C(=O)N4[C@@H](C)COC[C@@H]4C)cn3)c(=O)n(C)n2)ccnc1N1CCn2c(cc3c2CC(C)(C)C3)C1=O. The van der Waals surface area contributed by atoms with Gasteiger partial charge in [-0.25, -0.2) is 14.6 Å². The summed E-state index contributed by atoms with van der Waals surface area (Å²) < 4.78 is 9.06. The molecule has 12 nitrogen and oxygen atoms in total. The maximum Gasteiger partial charge on any atom is 0.290 e. The van der Waals surface area contributed by atoms with Gasteiger partial charge in [-0.3, -0.25) is 19.3 Å². The van der Waals surface area contributed by atoms with Crippen molar-refractivity contribution in [3.05, 3.63) is 81.2 Å². The van der Waals surface area contributed by atoms with E-state index in [9.17, 15) is 14.4 Å². The summed E-state index contributed by atoms with van der Waals surface area (Å²) in [6.45, 7) is 12.8. The maximum absolute atomic E-state index is 13.9. The fourth-order valence-electron chi connectivity index (χ4n) is 7.53. The fourth-order valence-corrected chi connectivity index (χ4v) is 7.53. The van der Waals surface area contributed by atoms with Crippen LogP contribution in [0.2, 0.25) is 0 Å². The predicted octanol–water partition coefficient (Wildman–Crippen LogP) is 4.38. The van der Waals surface area contributed by atoms with E-state index in [2.05, 4.69) is 39.9 Å². The molecule has 1 aliphatic carbocycles. The average Bonchev–Trinajstić information content (AvgIpc) is 3.55. The smallest absolute Gasteiger partial charge is 0.290 e. The van der Waals surface area contributed by atoms with E-state index in [1.165, 1.54) is 22.1 Å². The molecule has 48 heavy (non-hydrogen) atoms. The first kappa shape index (κ1) is 31.7. The standard InChI is InChI=1S/C36H42N8O4/c1-7-25-26(10-11-37-32(25)43-13-12-42-29(35(43)47)14-24-16-36(4,5)17-30(24)42)27-15-28(34(46)41(6)40-27)39-31-9-8-23(18-38-31)33(45)44-21(2)19-48-20-22(44)3/h8-11,14-15,18,21-22H,7,12-13,16-17,19-20H2,1-6H3,(H,38,39)/t21-,22-/m0/s1. The number of fused-ring (bicyclic) bond motifs is 3. The predicted molar refractivity (Wildman–Crippen MR) is 183 cm³/mol. The van der Waals surface area contributed by atoms with Crippen LogP contribution in [0.3, 0.4) is 0 Å². The summed E-state index contributed by atoms with van der Waals surface area (Å²) in [6.07, 6.45) is 5.78. The first-order valence-corrected chi connectivity index (χ1v) is 16.7. The Balaban J connectivity index is 1.16. The van der Waals surface area contributed by atoms with Gasteiger partial charge in [0.1, 0.15) is 23.0 Å². The fraction of sp³-hybridized carbons (Fsp3) is 0.444. The molecular weight excluding hydrogens is 608 g/mol. The Hall–Kier alpha value is -4.84. The van der Waals surface area contributed by atoms with Gasteiger partial charge in [0.05, 0.1) is 36.6 Å². The number of pyridine rings is 2. The highest BCUT2D eigenvalue weighted by molar-refractivity contribution is 6.06. The number of carbonyl (C=O) groups excluding carboxylic acids is 2. The molecule has 6 heterocycles. The van der Waals surface area contributed by atoms with E-state index in [1.54, 1.807) is 36.3 Å². The molecule has 0 spiro atoms. The number of rotatable bonds is 6. The molecule has 1 saturated heterocycles. The topological polar surface area (TPSA) is 127 Å². The number of nitrogens with zero attached hydrogens (tertiary/aromatic N) is 7. The van der Waals surface area contributed by atoms with Crippen LogP contribution in [0, 0.1) is 5.41 Å². The number of amides is 2. The Morgan fingerprint density at radius 1 is 1.04 bits per heavy atom. The third-order valence-corrected chi connectivity index (χ3v) is 9.78. The van der Waals surface area contributed by atoms with E-state index >= 15 is 0 Å². The molecular formula is C36H42N8O4. The number of hydrogen-bond donors (Lipinski definition) is 1. The summed E-state index contributed by atoms with van der Waals surface area (Å²) >= 11 is 0. The first-order valence-electron chi connectivity index (χ1n) is 16.7. The van der Waals surface area contributed by atoms with Gasteiger partial charge in [-0.05, 0) is 74.4 Å². The second-order valence-corrected chi connectivity index (χ2v) is 14.0. The molecule has 7 rings (SSSR count). The average molecular weight is 651 g/mol. The van der Waals surface area contributed by atoms with Gasteiger partial charge in [0, 0.05) is 49.4 Å². The lowest BCUT2D eigenvalue weighted by molar-refractivity contribution is -0.0249. The van der Waals surface area contributed by atoms with Gasteiger partial charge in [0.15, 0.2) is 0 Å². The molecule has 0 saturated carbocycles. The number of aromatic nitrogens is 5. The van der Waals surface area contributed by atoms with E-state index in [-0.39, 0.29) is 40.6 Å². The van der Waals surface area contributed by atoms with Crippen LogP contribution in [0.5, 0.6) is 0 Å². The van der Waals surface area contributed by atoms with Crippen LogP contribution in [0.1, 0.15) is 72.3 Å². The van der Waals surface area contributed by atoms with Crippen LogP contribution in [0.25, 0.3) is 11.3 Å². The number of nitrogens with one attached hydrogen (secondary N) is 1. The molecule has 12 heteroatoms. The molecule has 250 valence electrons. The van der Waals surface area contributed by atoms with Crippen LogP contribution in [0.15, 0.2) is 47.5 Å². The summed E-state index contributed by atoms with van der Waals surface area (Å²) in [5, 5.41) is 7.73. The largest absolute Gasteiger partial charge is 0.377 e. The minimum Gasteiger partial charge on any atom is -0.377 e. The highest BCUT2D eigenvalue weighted by Crippen LogP contribution is 2.40. The van der Waals surface area contributed by atoms with Gasteiger partial charge >= 0.3 is 0 Å². The van der Waals surface area contributed by atoms with Crippen molar-refractivity contribution in [1.82, 2.24) is 29.2 Å². The second kappa shape index (κ2) is 12.0. The molecule has 1 N–H and O–H groups in total. The number of anilines is 3. The molecule has 4 aromatic rings. The number of hydrogen-bond acceptors (Lipinski definition) is 8. The van der Waals surface area contributed by atoms with Crippen LogP contribution in [-0.4, -0.2) is 72.9 Å². The lowest BCUT2D eigenvalue weighted by Crippen LogP contribution is -2.52. The normalized spacial score (nSPS) is 20.1. The van der Waals surface area contributed by atoms with Crippen LogP contribution < -0.4 is 15.8 Å². The minimum atomic E-state index is -0.327. The molecule has 1 fully saturated rings. The summed E-state index contributed by atoms with van der Waals surface area (Å²) in [6, 6.07) is 8.98. The van der Waals surface area contributed by atoms with E-state index in [1.807, 2.05) is 31.7 Å². The third-order valence-electron chi connectivity index (χ3n) is 9.78. The van der Waals surface area contributed by atoms with Gasteiger partial charge < -0.3 is 19.5 Å². The number of carbonyl (C=O) groups is 2. The maximum atomic E-state index is 13.9. The lowest BCUT2D eigenvalue weighted by atomic mass is 9.90. The van der Waals surface area contributed by atoms with Crippen molar-refractivity contribution in [2.24, 2.45) is 12.5 Å². The summed E-state index contributed by atoms with van der Waals surface area (Å²) in [5.74, 6) is 0.888. The summed E-state index contributed by atoms with van der Waals surface area (Å²) in [4.78, 5) is 53.1. The van der Waals surface area contributed by atoms with Crippen molar-refractivity contribution >= 4 is 29.1 Å². The lowest BCUT2D eigenvalue weighted by Gasteiger charge is -2.38. The molecule has 2 atom stereocenters. The number of morpholine rings is 1. The van der Waals surface area contributed by atoms with Crippen LogP contribution >= 0.6 is 0 Å². The van der Waals surface area contributed by atoms with Gasteiger partial charge in [0.2, 0.25) is 0 Å². The molecule has 0 unspecified atom stereocenters. The van der Waals surface area contributed by atoms with Crippen molar-refractivity contribution in [3.8, 4) is 11.3 Å². The molecule has 3 aliphatic rings. The van der Waals surface area contributed by atoms with E-state index < -0.39 is 0 Å². The van der Waals surface area contributed by atoms with Crippen molar-refractivity contribution < 1.29 is 14.3 Å². The number of aryl methyl sites for hydroxylation is 1. The van der Waals surface area contributed by atoms with Crippen LogP contribution in [0.4, 0.5) is 17.3 Å². The van der Waals surface area contributed by atoms with Gasteiger partial charge in [0.25, 0.3) is 17.4 Å². The zero-order valence-electron chi connectivity index (χ0n) is 28.4. The Bertz CT molecular complexity index is 1970. The zero-order chi connectivity index (χ0) is 33.9. The summed E-state index contributed by atoms with van der Waals surface area (Å²) in [5.41, 5.74) is 6.16. The molecule has 2 amide bonds. The van der Waals surface area contributed by atoms with E-state index in [4.69, 9.17) is 9.72 Å². The summed E-state index contributed by atoms with van der Waals surface area (Å²) in [7, 11) is 1.60. The molecule has 0 aromatic carbocycles. The molecule has 0 radical (unpaired) electrons. The Labute approximate surface area is 279 Å². The second-order valence-electron chi connectivity index (χ2n) is 14.0. The molecule has 2 aliphatic heterocycles. The van der Waals surface area contributed by atoms with E-state index in [0.717, 1.165) is 36.2 Å². The monoisotopic (exact) mass is 650 g/mol. The van der Waals surface area contributed by atoms with Crippen molar-refractivity contribution in [2.45, 2.75) is 72.5 Å². The molecule has 4 aromatic heterocycles. The Kier molecular flexibility index (Phi) is 7.93. The highest BCUT2D eigenvalue weighted by atomic mass is 16.5. The number of ether oxygens (including phenoxy) is 1. The van der Waals surface area contributed by atoms with Crippen molar-refractivity contribution in [3.63, 3.8) is 0 Å². The van der Waals surface area contributed by atoms with Gasteiger partial charge in [-0.2, -0.15) is 5.10 Å². The first-order chi connectivity index (χ1) is 23.0. The van der Waals surface area contributed by atoms with Gasteiger partial charge in [-0.1, -0.05) is 20.8 Å². The highest BCUT2D eigenvalue weighted by Gasteiger charge is 2.37. The molecule has 0 bridgehead atoms. The quantitative estimate of drug-likeness (QED) is 0.326. The van der Waals surface area contributed by atoms with Crippen LogP contribution in [-0.2, 0) is 37.6 Å². The van der Waals surface area contributed by atoms with E-state index in [0.29, 0.717) is 49.1 Å². The zero-order valence-corrected chi connectivity index (χ0v) is 28.4.